The van der Waals surface area contributed by atoms with Gasteiger partial charge in [-0.3, -0.25) is 9.78 Å². The molecule has 1 aromatic heterocycles. The topological polar surface area (TPSA) is 45.7 Å². The Morgan fingerprint density at radius 1 is 1.38 bits per heavy atom. The highest BCUT2D eigenvalue weighted by molar-refractivity contribution is 5.93. The van der Waals surface area contributed by atoms with Gasteiger partial charge in [0.05, 0.1) is 18.8 Å². The number of pyridine rings is 1. The summed E-state index contributed by atoms with van der Waals surface area (Å²) in [4.78, 5) is 21.0. The Morgan fingerprint density at radius 3 is 3.10 bits per heavy atom. The first-order chi connectivity index (χ1) is 10.2. The van der Waals surface area contributed by atoms with Gasteiger partial charge in [-0.1, -0.05) is 0 Å². The molecule has 0 aromatic carbocycles. The Balaban J connectivity index is 1.74. The first-order valence-corrected chi connectivity index (χ1v) is 7.64. The van der Waals surface area contributed by atoms with Crippen LogP contribution in [0.15, 0.2) is 24.5 Å². The zero-order valence-corrected chi connectivity index (χ0v) is 12.6. The molecule has 2 saturated heterocycles. The highest BCUT2D eigenvalue weighted by atomic mass is 16.5. The molecule has 5 nitrogen and oxygen atoms in total. The van der Waals surface area contributed by atoms with Crippen LogP contribution in [0.1, 0.15) is 23.2 Å². The fourth-order valence-electron chi connectivity index (χ4n) is 3.51. The molecular weight excluding hydrogens is 266 g/mol. The standard InChI is InChI=1S/C16H23N3O2/c1-18-8-9-21-13-16(11-18)5-3-7-19(12-16)15(20)14-4-2-6-17-10-14/h2,4,6,10H,3,5,7-9,11-13H2,1H3. The van der Waals surface area contributed by atoms with Gasteiger partial charge in [0.15, 0.2) is 0 Å². The summed E-state index contributed by atoms with van der Waals surface area (Å²) in [7, 11) is 2.14. The Bertz CT molecular complexity index is 494. The largest absolute Gasteiger partial charge is 0.379 e. The van der Waals surface area contributed by atoms with Gasteiger partial charge < -0.3 is 14.5 Å². The average Bonchev–Trinajstić information content (AvgIpc) is 2.69. The van der Waals surface area contributed by atoms with Crippen molar-refractivity contribution < 1.29 is 9.53 Å². The maximum atomic E-state index is 12.6. The SMILES string of the molecule is CN1CCOCC2(CCCN(C(=O)c3cccnc3)C2)C1. The van der Waals surface area contributed by atoms with Crippen LogP contribution in [0.25, 0.3) is 0 Å². The maximum absolute atomic E-state index is 12.6. The molecule has 114 valence electrons. The van der Waals surface area contributed by atoms with Gasteiger partial charge in [0.25, 0.3) is 5.91 Å². The molecule has 0 radical (unpaired) electrons. The molecule has 1 amide bonds. The molecular formula is C16H23N3O2. The average molecular weight is 289 g/mol. The molecule has 2 fully saturated rings. The molecule has 3 heterocycles. The molecule has 1 atom stereocenters. The maximum Gasteiger partial charge on any atom is 0.255 e. The van der Waals surface area contributed by atoms with E-state index in [1.165, 1.54) is 0 Å². The molecule has 3 rings (SSSR count). The number of ether oxygens (including phenoxy) is 1. The number of likely N-dealkylation sites (N-methyl/N-ethyl adjacent to an activating group) is 1. The number of nitrogens with zero attached hydrogens (tertiary/aromatic N) is 3. The van der Waals surface area contributed by atoms with Crippen LogP contribution < -0.4 is 0 Å². The minimum Gasteiger partial charge on any atom is -0.379 e. The van der Waals surface area contributed by atoms with Crippen molar-refractivity contribution >= 4 is 5.91 Å². The third kappa shape index (κ3) is 3.24. The molecule has 21 heavy (non-hydrogen) atoms. The van der Waals surface area contributed by atoms with Gasteiger partial charge in [-0.15, -0.1) is 0 Å². The molecule has 0 bridgehead atoms. The summed E-state index contributed by atoms with van der Waals surface area (Å²) >= 11 is 0. The Morgan fingerprint density at radius 2 is 2.29 bits per heavy atom. The second-order valence-corrected chi connectivity index (χ2v) is 6.36. The zero-order valence-electron chi connectivity index (χ0n) is 12.6. The van der Waals surface area contributed by atoms with Gasteiger partial charge in [-0.2, -0.15) is 0 Å². The summed E-state index contributed by atoms with van der Waals surface area (Å²) in [6.45, 7) is 5.13. The number of likely N-dealkylation sites (tertiary alicyclic amines) is 1. The van der Waals surface area contributed by atoms with Crippen LogP contribution in [0, 0.1) is 5.41 Å². The number of hydrogen-bond acceptors (Lipinski definition) is 4. The second kappa shape index (κ2) is 6.12. The van der Waals surface area contributed by atoms with E-state index < -0.39 is 0 Å². The number of carbonyl (C=O) groups excluding carboxylic acids is 1. The van der Waals surface area contributed by atoms with Gasteiger partial charge in [0.1, 0.15) is 0 Å². The van der Waals surface area contributed by atoms with Crippen molar-refractivity contribution in [1.29, 1.82) is 0 Å². The molecule has 1 unspecified atom stereocenters. The van der Waals surface area contributed by atoms with Crippen molar-refractivity contribution in [1.82, 2.24) is 14.8 Å². The predicted octanol–water partition coefficient (Wildman–Crippen LogP) is 1.27. The Labute approximate surface area is 125 Å². The van der Waals surface area contributed by atoms with E-state index >= 15 is 0 Å². The Kier molecular flexibility index (Phi) is 4.22. The van der Waals surface area contributed by atoms with E-state index in [0.29, 0.717) is 5.56 Å². The van der Waals surface area contributed by atoms with Crippen molar-refractivity contribution in [3.63, 3.8) is 0 Å². The van der Waals surface area contributed by atoms with Crippen LogP contribution in [-0.2, 0) is 4.74 Å². The number of rotatable bonds is 1. The number of carbonyl (C=O) groups is 1. The molecule has 2 aliphatic heterocycles. The smallest absolute Gasteiger partial charge is 0.255 e. The van der Waals surface area contributed by atoms with Crippen LogP contribution in [-0.4, -0.2) is 67.1 Å². The van der Waals surface area contributed by atoms with Crippen LogP contribution >= 0.6 is 0 Å². The van der Waals surface area contributed by atoms with Crippen LogP contribution in [0.3, 0.4) is 0 Å². The number of amides is 1. The quantitative estimate of drug-likeness (QED) is 0.781. The highest BCUT2D eigenvalue weighted by Gasteiger charge is 2.39. The Hall–Kier alpha value is -1.46. The van der Waals surface area contributed by atoms with Gasteiger partial charge in [-0.05, 0) is 32.0 Å². The highest BCUT2D eigenvalue weighted by Crippen LogP contribution is 2.33. The molecule has 0 aliphatic carbocycles. The first-order valence-electron chi connectivity index (χ1n) is 7.64. The van der Waals surface area contributed by atoms with Crippen molar-refractivity contribution in [2.24, 2.45) is 5.41 Å². The normalized spacial score (nSPS) is 27.6. The first kappa shape index (κ1) is 14.5. The van der Waals surface area contributed by atoms with E-state index in [4.69, 9.17) is 4.74 Å². The van der Waals surface area contributed by atoms with Crippen molar-refractivity contribution in [2.45, 2.75) is 12.8 Å². The molecule has 0 N–H and O–H groups in total. The van der Waals surface area contributed by atoms with Crippen molar-refractivity contribution in [2.75, 3.05) is 46.4 Å². The van der Waals surface area contributed by atoms with Gasteiger partial charge in [-0.25, -0.2) is 0 Å². The van der Waals surface area contributed by atoms with Crippen molar-refractivity contribution in [3.8, 4) is 0 Å². The van der Waals surface area contributed by atoms with Gasteiger partial charge in [0.2, 0.25) is 0 Å². The predicted molar refractivity (Wildman–Crippen MR) is 80.1 cm³/mol. The van der Waals surface area contributed by atoms with E-state index in [-0.39, 0.29) is 11.3 Å². The lowest BCUT2D eigenvalue weighted by atomic mass is 9.80. The second-order valence-electron chi connectivity index (χ2n) is 6.36. The molecule has 1 aromatic rings. The van der Waals surface area contributed by atoms with Crippen LogP contribution in [0.2, 0.25) is 0 Å². The van der Waals surface area contributed by atoms with E-state index in [1.807, 2.05) is 17.0 Å². The molecule has 0 saturated carbocycles. The van der Waals surface area contributed by atoms with Gasteiger partial charge >= 0.3 is 0 Å². The fraction of sp³-hybridized carbons (Fsp3) is 0.625. The summed E-state index contributed by atoms with van der Waals surface area (Å²) in [5, 5.41) is 0. The molecule has 1 spiro atoms. The van der Waals surface area contributed by atoms with Crippen LogP contribution in [0.4, 0.5) is 0 Å². The minimum atomic E-state index is 0.0847. The molecule has 5 heteroatoms. The fourth-order valence-corrected chi connectivity index (χ4v) is 3.51. The van der Waals surface area contributed by atoms with E-state index in [9.17, 15) is 4.79 Å². The lowest BCUT2D eigenvalue weighted by Crippen LogP contribution is -2.51. The molecule has 2 aliphatic rings. The van der Waals surface area contributed by atoms with E-state index in [1.54, 1.807) is 12.4 Å². The summed E-state index contributed by atoms with van der Waals surface area (Å²) in [6.07, 6.45) is 5.53. The van der Waals surface area contributed by atoms with Crippen molar-refractivity contribution in [3.05, 3.63) is 30.1 Å². The monoisotopic (exact) mass is 289 g/mol. The summed E-state index contributed by atoms with van der Waals surface area (Å²) in [5.74, 6) is 0.0917. The number of aromatic nitrogens is 1. The van der Waals surface area contributed by atoms with E-state index in [0.717, 1.165) is 52.2 Å². The van der Waals surface area contributed by atoms with E-state index in [2.05, 4.69) is 16.9 Å². The summed E-state index contributed by atoms with van der Waals surface area (Å²) in [6, 6.07) is 3.65. The third-order valence-electron chi connectivity index (χ3n) is 4.49. The number of hydrogen-bond donors (Lipinski definition) is 0. The lowest BCUT2D eigenvalue weighted by molar-refractivity contribution is 0.00859. The summed E-state index contributed by atoms with van der Waals surface area (Å²) in [5.41, 5.74) is 0.763. The number of piperidine rings is 1. The third-order valence-corrected chi connectivity index (χ3v) is 4.49. The minimum absolute atomic E-state index is 0.0847. The van der Waals surface area contributed by atoms with Gasteiger partial charge in [0, 0.05) is 44.0 Å². The lowest BCUT2D eigenvalue weighted by Gasteiger charge is -2.43. The zero-order chi connectivity index (χ0) is 14.7. The van der Waals surface area contributed by atoms with Crippen LogP contribution in [0.5, 0.6) is 0 Å². The summed E-state index contributed by atoms with van der Waals surface area (Å²) < 4.78 is 5.80.